The highest BCUT2D eigenvalue weighted by Crippen LogP contribution is 2.28. The van der Waals surface area contributed by atoms with E-state index in [0.29, 0.717) is 26.1 Å². The average Bonchev–Trinajstić information content (AvgIpc) is 2.46. The SMILES string of the molecule is COC(=O)c1cn(C2(C)CCOCC2)c(=O)cc1NC(C)=O. The molecule has 1 amide bonds. The summed E-state index contributed by atoms with van der Waals surface area (Å²) in [5, 5.41) is 2.49. The van der Waals surface area contributed by atoms with Gasteiger partial charge >= 0.3 is 5.97 Å². The van der Waals surface area contributed by atoms with Gasteiger partial charge in [-0.25, -0.2) is 4.79 Å². The molecule has 0 aliphatic carbocycles. The van der Waals surface area contributed by atoms with Gasteiger partial charge in [0.15, 0.2) is 0 Å². The van der Waals surface area contributed by atoms with Gasteiger partial charge in [-0.15, -0.1) is 0 Å². The second-order valence-corrected chi connectivity index (χ2v) is 5.59. The number of aromatic nitrogens is 1. The number of hydrogen-bond acceptors (Lipinski definition) is 5. The van der Waals surface area contributed by atoms with E-state index in [4.69, 9.17) is 9.47 Å². The van der Waals surface area contributed by atoms with Crippen molar-refractivity contribution in [1.29, 1.82) is 0 Å². The molecule has 1 N–H and O–H groups in total. The number of ether oxygens (including phenoxy) is 2. The summed E-state index contributed by atoms with van der Waals surface area (Å²) in [6.45, 7) is 4.39. The van der Waals surface area contributed by atoms with E-state index in [2.05, 4.69) is 5.32 Å². The number of anilines is 1. The van der Waals surface area contributed by atoms with Crippen LogP contribution in [0.15, 0.2) is 17.1 Å². The quantitative estimate of drug-likeness (QED) is 0.846. The molecule has 1 aliphatic heterocycles. The van der Waals surface area contributed by atoms with Gasteiger partial charge in [-0.3, -0.25) is 9.59 Å². The maximum Gasteiger partial charge on any atom is 0.341 e. The zero-order chi connectivity index (χ0) is 16.3. The van der Waals surface area contributed by atoms with Crippen molar-refractivity contribution in [2.45, 2.75) is 32.2 Å². The van der Waals surface area contributed by atoms with E-state index in [0.717, 1.165) is 0 Å². The molecule has 1 fully saturated rings. The number of carbonyl (C=O) groups excluding carboxylic acids is 2. The Labute approximate surface area is 128 Å². The molecule has 1 aliphatic rings. The van der Waals surface area contributed by atoms with Gasteiger partial charge in [-0.2, -0.15) is 0 Å². The highest BCUT2D eigenvalue weighted by atomic mass is 16.5. The van der Waals surface area contributed by atoms with Crippen LogP contribution in [0.5, 0.6) is 0 Å². The van der Waals surface area contributed by atoms with Crippen LogP contribution in [0.1, 0.15) is 37.0 Å². The molecule has 0 aromatic carbocycles. The molecular formula is C15H20N2O5. The van der Waals surface area contributed by atoms with Crippen LogP contribution in [0, 0.1) is 0 Å². The van der Waals surface area contributed by atoms with Crippen LogP contribution >= 0.6 is 0 Å². The van der Waals surface area contributed by atoms with E-state index in [1.165, 1.54) is 30.9 Å². The Morgan fingerprint density at radius 1 is 1.36 bits per heavy atom. The summed E-state index contributed by atoms with van der Waals surface area (Å²) >= 11 is 0. The highest BCUT2D eigenvalue weighted by Gasteiger charge is 2.31. The maximum absolute atomic E-state index is 12.4. The van der Waals surface area contributed by atoms with Crippen LogP contribution < -0.4 is 10.9 Å². The first-order valence-corrected chi connectivity index (χ1v) is 7.08. The molecule has 22 heavy (non-hydrogen) atoms. The van der Waals surface area contributed by atoms with E-state index in [9.17, 15) is 14.4 Å². The molecule has 2 rings (SSSR count). The Balaban J connectivity index is 2.54. The Bertz CT molecular complexity index is 644. The number of pyridine rings is 1. The van der Waals surface area contributed by atoms with Gasteiger partial charge in [0.05, 0.1) is 18.4 Å². The summed E-state index contributed by atoms with van der Waals surface area (Å²) in [7, 11) is 1.26. The average molecular weight is 308 g/mol. The van der Waals surface area contributed by atoms with Crippen LogP contribution in [0.4, 0.5) is 5.69 Å². The number of esters is 1. The van der Waals surface area contributed by atoms with Crippen LogP contribution in [-0.4, -0.2) is 36.8 Å². The first-order chi connectivity index (χ1) is 10.4. The van der Waals surface area contributed by atoms with Crippen LogP contribution in [-0.2, 0) is 19.8 Å². The molecule has 0 bridgehead atoms. The van der Waals surface area contributed by atoms with Crippen LogP contribution in [0.25, 0.3) is 0 Å². The Morgan fingerprint density at radius 3 is 2.55 bits per heavy atom. The molecule has 0 saturated carbocycles. The fourth-order valence-corrected chi connectivity index (χ4v) is 2.57. The summed E-state index contributed by atoms with van der Waals surface area (Å²) in [4.78, 5) is 35.6. The largest absolute Gasteiger partial charge is 0.465 e. The van der Waals surface area contributed by atoms with Gasteiger partial charge < -0.3 is 19.4 Å². The lowest BCUT2D eigenvalue weighted by Crippen LogP contribution is -2.43. The van der Waals surface area contributed by atoms with Gasteiger partial charge in [0.1, 0.15) is 0 Å². The van der Waals surface area contributed by atoms with E-state index in [-0.39, 0.29) is 22.7 Å². The molecular weight excluding hydrogens is 288 g/mol. The van der Waals surface area contributed by atoms with Crippen LogP contribution in [0.2, 0.25) is 0 Å². The molecule has 2 heterocycles. The zero-order valence-corrected chi connectivity index (χ0v) is 13.0. The molecule has 0 spiro atoms. The second kappa shape index (κ2) is 6.31. The number of rotatable bonds is 3. The summed E-state index contributed by atoms with van der Waals surface area (Å²) < 4.78 is 11.6. The Morgan fingerprint density at radius 2 is 2.00 bits per heavy atom. The van der Waals surface area contributed by atoms with Gasteiger partial charge in [0, 0.05) is 37.9 Å². The first kappa shape index (κ1) is 16.2. The molecule has 7 heteroatoms. The molecule has 0 radical (unpaired) electrons. The highest BCUT2D eigenvalue weighted by molar-refractivity contribution is 6.00. The lowest BCUT2D eigenvalue weighted by atomic mass is 9.91. The molecule has 1 aromatic rings. The van der Waals surface area contributed by atoms with E-state index in [1.807, 2.05) is 6.92 Å². The lowest BCUT2D eigenvalue weighted by molar-refractivity contribution is -0.114. The van der Waals surface area contributed by atoms with Crippen molar-refractivity contribution in [3.63, 3.8) is 0 Å². The summed E-state index contributed by atoms with van der Waals surface area (Å²) in [6, 6.07) is 1.26. The summed E-state index contributed by atoms with van der Waals surface area (Å²) in [6.07, 6.45) is 2.81. The Hall–Kier alpha value is -2.15. The zero-order valence-electron chi connectivity index (χ0n) is 13.0. The van der Waals surface area contributed by atoms with Crippen molar-refractivity contribution in [3.8, 4) is 0 Å². The second-order valence-electron chi connectivity index (χ2n) is 5.59. The van der Waals surface area contributed by atoms with Crippen molar-refractivity contribution in [2.24, 2.45) is 0 Å². The van der Waals surface area contributed by atoms with Crippen molar-refractivity contribution in [2.75, 3.05) is 25.6 Å². The van der Waals surface area contributed by atoms with E-state index < -0.39 is 11.5 Å². The molecule has 120 valence electrons. The summed E-state index contributed by atoms with van der Waals surface area (Å²) in [5.74, 6) is -0.965. The number of nitrogens with zero attached hydrogens (tertiary/aromatic N) is 1. The van der Waals surface area contributed by atoms with Crippen molar-refractivity contribution in [1.82, 2.24) is 4.57 Å². The third-order valence-corrected chi connectivity index (χ3v) is 3.92. The third kappa shape index (κ3) is 3.19. The number of nitrogens with one attached hydrogen (secondary N) is 1. The third-order valence-electron chi connectivity index (χ3n) is 3.92. The number of carbonyl (C=O) groups is 2. The van der Waals surface area contributed by atoms with Crippen molar-refractivity contribution >= 4 is 17.6 Å². The Kier molecular flexibility index (Phi) is 4.65. The van der Waals surface area contributed by atoms with E-state index in [1.54, 1.807) is 0 Å². The van der Waals surface area contributed by atoms with Gasteiger partial charge in [-0.1, -0.05) is 0 Å². The van der Waals surface area contributed by atoms with Gasteiger partial charge in [0.2, 0.25) is 5.91 Å². The minimum Gasteiger partial charge on any atom is -0.465 e. The molecule has 0 atom stereocenters. The van der Waals surface area contributed by atoms with Crippen molar-refractivity contribution < 1.29 is 19.1 Å². The predicted molar refractivity (Wildman–Crippen MR) is 80.0 cm³/mol. The fraction of sp³-hybridized carbons (Fsp3) is 0.533. The maximum atomic E-state index is 12.4. The fourth-order valence-electron chi connectivity index (χ4n) is 2.57. The number of hydrogen-bond donors (Lipinski definition) is 1. The molecule has 1 saturated heterocycles. The number of methoxy groups -OCH3 is 1. The smallest absolute Gasteiger partial charge is 0.341 e. The topological polar surface area (TPSA) is 86.6 Å². The molecule has 1 aromatic heterocycles. The molecule has 0 unspecified atom stereocenters. The summed E-state index contributed by atoms with van der Waals surface area (Å²) in [5.41, 5.74) is -0.380. The van der Waals surface area contributed by atoms with Gasteiger partial charge in [-0.05, 0) is 19.8 Å². The minimum atomic E-state index is -0.604. The molecule has 7 nitrogen and oxygen atoms in total. The van der Waals surface area contributed by atoms with Crippen LogP contribution in [0.3, 0.4) is 0 Å². The standard InChI is InChI=1S/C15H20N2O5/c1-10(18)16-12-8-13(19)17(9-11(12)14(20)21-3)15(2)4-6-22-7-5-15/h8-9H,4-7H2,1-3H3,(H,16,18). The minimum absolute atomic E-state index is 0.157. The first-order valence-electron chi connectivity index (χ1n) is 7.08. The van der Waals surface area contributed by atoms with Crippen molar-refractivity contribution in [3.05, 3.63) is 28.2 Å². The number of amides is 1. The lowest BCUT2D eigenvalue weighted by Gasteiger charge is -2.35. The van der Waals surface area contributed by atoms with E-state index >= 15 is 0 Å². The monoisotopic (exact) mass is 308 g/mol. The van der Waals surface area contributed by atoms with Gasteiger partial charge in [0.25, 0.3) is 5.56 Å². The predicted octanol–water partition coefficient (Wildman–Crippen LogP) is 1.12. The normalized spacial score (nSPS) is 16.9.